The topological polar surface area (TPSA) is 96.4 Å². The van der Waals surface area contributed by atoms with E-state index in [1.165, 1.54) is 12.1 Å². The second kappa shape index (κ2) is 11.1. The van der Waals surface area contributed by atoms with E-state index in [2.05, 4.69) is 10.3 Å². The highest BCUT2D eigenvalue weighted by Crippen LogP contribution is 2.30. The number of rotatable bonds is 7. The fraction of sp³-hybridized carbons (Fsp3) is 0.233. The molecule has 0 radical (unpaired) electrons. The Bertz CT molecular complexity index is 1540. The molecule has 3 aromatic carbocycles. The van der Waals surface area contributed by atoms with Gasteiger partial charge >= 0.3 is 0 Å². The average molecular weight is 528 g/mol. The molecular formula is C30H29N3O4S. The molecule has 8 heteroatoms. The fourth-order valence-electron chi connectivity index (χ4n) is 4.90. The number of anilines is 1. The van der Waals surface area contributed by atoms with Gasteiger partial charge in [0.1, 0.15) is 0 Å². The van der Waals surface area contributed by atoms with Gasteiger partial charge in [0, 0.05) is 36.8 Å². The number of likely N-dealkylation sites (tertiary alicyclic amines) is 1. The number of nitrogens with one attached hydrogen (secondary N) is 1. The summed E-state index contributed by atoms with van der Waals surface area (Å²) in [4.78, 5) is 32.1. The quantitative estimate of drug-likeness (QED) is 0.363. The Balaban J connectivity index is 1.14. The third-order valence-electron chi connectivity index (χ3n) is 7.01. The minimum absolute atomic E-state index is 0.0140. The van der Waals surface area contributed by atoms with Crippen LogP contribution in [0, 0.1) is 0 Å². The monoisotopic (exact) mass is 527 g/mol. The highest BCUT2D eigenvalue weighted by atomic mass is 32.2. The number of amides is 2. The van der Waals surface area contributed by atoms with E-state index in [1.807, 2.05) is 59.5 Å². The third kappa shape index (κ3) is 5.75. The van der Waals surface area contributed by atoms with Gasteiger partial charge in [-0.25, -0.2) is 8.42 Å². The van der Waals surface area contributed by atoms with Crippen LogP contribution in [-0.4, -0.2) is 49.0 Å². The van der Waals surface area contributed by atoms with E-state index in [9.17, 15) is 18.0 Å². The van der Waals surface area contributed by atoms with Gasteiger partial charge in [-0.1, -0.05) is 48.5 Å². The van der Waals surface area contributed by atoms with Crippen LogP contribution in [0.25, 0.3) is 10.9 Å². The minimum atomic E-state index is -3.50. The van der Waals surface area contributed by atoms with Crippen LogP contribution in [0.5, 0.6) is 0 Å². The van der Waals surface area contributed by atoms with Gasteiger partial charge in [-0.3, -0.25) is 14.6 Å². The van der Waals surface area contributed by atoms with Crippen LogP contribution in [-0.2, 0) is 14.6 Å². The van der Waals surface area contributed by atoms with Crippen molar-refractivity contribution < 1.29 is 18.0 Å². The lowest BCUT2D eigenvalue weighted by Crippen LogP contribution is -2.38. The minimum Gasteiger partial charge on any atom is -0.339 e. The lowest BCUT2D eigenvalue weighted by atomic mass is 9.89. The Morgan fingerprint density at radius 1 is 0.868 bits per heavy atom. The number of carbonyl (C=O) groups excluding carboxylic acids is 2. The third-order valence-corrected chi connectivity index (χ3v) is 8.74. The van der Waals surface area contributed by atoms with Crippen molar-refractivity contribution in [1.29, 1.82) is 0 Å². The highest BCUT2D eigenvalue weighted by molar-refractivity contribution is 7.91. The smallest absolute Gasteiger partial charge is 0.256 e. The predicted molar refractivity (Wildman–Crippen MR) is 148 cm³/mol. The van der Waals surface area contributed by atoms with Crippen molar-refractivity contribution in [3.63, 3.8) is 0 Å². The average Bonchev–Trinajstić information content (AvgIpc) is 2.96. The number of sulfone groups is 1. The zero-order valence-electron chi connectivity index (χ0n) is 20.9. The van der Waals surface area contributed by atoms with E-state index in [0.717, 1.165) is 29.3 Å². The number of hydrogen-bond acceptors (Lipinski definition) is 5. The molecular weight excluding hydrogens is 498 g/mol. The molecule has 2 amide bonds. The summed E-state index contributed by atoms with van der Waals surface area (Å²) in [7, 11) is -3.50. The Labute approximate surface area is 222 Å². The van der Waals surface area contributed by atoms with Crippen LogP contribution >= 0.6 is 0 Å². The second-order valence-corrected chi connectivity index (χ2v) is 11.6. The molecule has 0 bridgehead atoms. The maximum atomic E-state index is 13.2. The van der Waals surface area contributed by atoms with Crippen molar-refractivity contribution in [3.8, 4) is 0 Å². The molecule has 1 N–H and O–H groups in total. The molecule has 194 valence electrons. The van der Waals surface area contributed by atoms with E-state index in [0.29, 0.717) is 30.3 Å². The number of para-hydroxylation sites is 1. The van der Waals surface area contributed by atoms with Gasteiger partial charge in [0.05, 0.1) is 21.7 Å². The molecule has 0 aliphatic carbocycles. The number of piperidine rings is 1. The van der Waals surface area contributed by atoms with Crippen molar-refractivity contribution in [2.45, 2.75) is 30.1 Å². The maximum Gasteiger partial charge on any atom is 0.256 e. The number of carbonyl (C=O) groups is 2. The van der Waals surface area contributed by atoms with Crippen molar-refractivity contribution >= 4 is 38.2 Å². The summed E-state index contributed by atoms with van der Waals surface area (Å²) in [5.74, 6) is -0.245. The number of pyridine rings is 1. The van der Waals surface area contributed by atoms with Gasteiger partial charge in [0.2, 0.25) is 5.91 Å². The lowest BCUT2D eigenvalue weighted by molar-refractivity contribution is -0.115. The first-order chi connectivity index (χ1) is 18.4. The Morgan fingerprint density at radius 2 is 1.58 bits per heavy atom. The summed E-state index contributed by atoms with van der Waals surface area (Å²) >= 11 is 0. The molecule has 38 heavy (non-hydrogen) atoms. The standard InChI is InChI=1S/C30H29N3O4S/c34-28(17-21-38(36,37)26-8-2-1-3-9-26)32-25-13-11-22(12-14-25)23-15-19-33(20-16-23)30(35)27-10-4-6-24-7-5-18-31-29(24)27/h1-14,18,23H,15-17,19-21H2,(H,32,34). The summed E-state index contributed by atoms with van der Waals surface area (Å²) in [6.07, 6.45) is 3.31. The fourth-order valence-corrected chi connectivity index (χ4v) is 6.16. The molecule has 5 rings (SSSR count). The van der Waals surface area contributed by atoms with Crippen LogP contribution in [0.4, 0.5) is 5.69 Å². The van der Waals surface area contributed by atoms with Crippen LogP contribution in [0.2, 0.25) is 0 Å². The predicted octanol–water partition coefficient (Wildman–Crippen LogP) is 5.06. The van der Waals surface area contributed by atoms with E-state index in [-0.39, 0.29) is 28.9 Å². The van der Waals surface area contributed by atoms with Crippen molar-refractivity contribution in [2.24, 2.45) is 0 Å². The van der Waals surface area contributed by atoms with Crippen molar-refractivity contribution in [1.82, 2.24) is 9.88 Å². The molecule has 0 unspecified atom stereocenters. The Hall–Kier alpha value is -4.04. The maximum absolute atomic E-state index is 13.2. The van der Waals surface area contributed by atoms with Crippen LogP contribution in [0.15, 0.2) is 96.0 Å². The first kappa shape index (κ1) is 25.6. The SMILES string of the molecule is O=C(CCS(=O)(=O)c1ccccc1)Nc1ccc(C2CCN(C(=O)c3cccc4cccnc34)CC2)cc1. The normalized spacial score (nSPS) is 14.4. The van der Waals surface area contributed by atoms with Gasteiger partial charge in [-0.05, 0) is 60.7 Å². The van der Waals surface area contributed by atoms with E-state index >= 15 is 0 Å². The molecule has 2 heterocycles. The van der Waals surface area contributed by atoms with Crippen LogP contribution in [0.3, 0.4) is 0 Å². The molecule has 1 fully saturated rings. The van der Waals surface area contributed by atoms with Crippen molar-refractivity contribution in [2.75, 3.05) is 24.2 Å². The molecule has 1 aromatic heterocycles. The molecule has 0 spiro atoms. The molecule has 4 aromatic rings. The van der Waals surface area contributed by atoms with Crippen molar-refractivity contribution in [3.05, 3.63) is 102 Å². The van der Waals surface area contributed by atoms with E-state index in [1.54, 1.807) is 24.4 Å². The Kier molecular flexibility index (Phi) is 7.51. The molecule has 7 nitrogen and oxygen atoms in total. The summed E-state index contributed by atoms with van der Waals surface area (Å²) in [6, 6.07) is 25.4. The summed E-state index contributed by atoms with van der Waals surface area (Å²) in [5.41, 5.74) is 3.16. The van der Waals surface area contributed by atoms with E-state index in [4.69, 9.17) is 0 Å². The zero-order valence-corrected chi connectivity index (χ0v) is 21.7. The highest BCUT2D eigenvalue weighted by Gasteiger charge is 2.26. The first-order valence-electron chi connectivity index (χ1n) is 12.7. The molecule has 0 atom stereocenters. The second-order valence-electron chi connectivity index (χ2n) is 9.50. The Morgan fingerprint density at radius 3 is 2.32 bits per heavy atom. The van der Waals surface area contributed by atoms with Gasteiger partial charge < -0.3 is 10.2 Å². The largest absolute Gasteiger partial charge is 0.339 e. The number of fused-ring (bicyclic) bond motifs is 1. The van der Waals surface area contributed by atoms with E-state index < -0.39 is 9.84 Å². The molecule has 1 aliphatic rings. The number of hydrogen-bond donors (Lipinski definition) is 1. The number of aromatic nitrogens is 1. The molecule has 1 aliphatic heterocycles. The summed E-state index contributed by atoms with van der Waals surface area (Å²) < 4.78 is 24.8. The van der Waals surface area contributed by atoms with Crippen LogP contribution in [0.1, 0.15) is 41.1 Å². The zero-order chi connectivity index (χ0) is 26.5. The molecule has 1 saturated heterocycles. The number of nitrogens with zero attached hydrogens (tertiary/aromatic N) is 2. The number of benzene rings is 3. The summed E-state index contributed by atoms with van der Waals surface area (Å²) in [6.45, 7) is 1.34. The van der Waals surface area contributed by atoms with Gasteiger partial charge in [-0.15, -0.1) is 0 Å². The lowest BCUT2D eigenvalue weighted by Gasteiger charge is -2.32. The first-order valence-corrected chi connectivity index (χ1v) is 14.4. The summed E-state index contributed by atoms with van der Waals surface area (Å²) in [5, 5.41) is 3.75. The van der Waals surface area contributed by atoms with Crippen LogP contribution < -0.4 is 5.32 Å². The van der Waals surface area contributed by atoms with Gasteiger partial charge in [0.15, 0.2) is 9.84 Å². The van der Waals surface area contributed by atoms with Gasteiger partial charge in [0.25, 0.3) is 5.91 Å². The van der Waals surface area contributed by atoms with Gasteiger partial charge in [-0.2, -0.15) is 0 Å². The molecule has 0 saturated carbocycles.